The molecule has 0 bridgehead atoms. The molecule has 0 radical (unpaired) electrons. The fraction of sp³-hybridized carbons (Fsp3) is 0.600. The van der Waals surface area contributed by atoms with E-state index in [9.17, 15) is 9.59 Å². The van der Waals surface area contributed by atoms with Crippen molar-refractivity contribution in [3.05, 3.63) is 11.6 Å². The van der Waals surface area contributed by atoms with E-state index in [-0.39, 0.29) is 11.0 Å². The van der Waals surface area contributed by atoms with E-state index in [2.05, 4.69) is 0 Å². The van der Waals surface area contributed by atoms with Crippen molar-refractivity contribution in [2.24, 2.45) is 16.6 Å². The van der Waals surface area contributed by atoms with Gasteiger partial charge in [-0.25, -0.2) is 4.79 Å². The van der Waals surface area contributed by atoms with E-state index >= 15 is 0 Å². The van der Waals surface area contributed by atoms with Crippen LogP contribution in [0.25, 0.3) is 0 Å². The van der Waals surface area contributed by atoms with Crippen molar-refractivity contribution in [1.29, 1.82) is 0 Å². The number of hydrogen-bond acceptors (Lipinski definition) is 2. The Morgan fingerprint density at radius 1 is 1.43 bits per heavy atom. The van der Waals surface area contributed by atoms with E-state index < -0.39 is 17.3 Å². The van der Waals surface area contributed by atoms with Gasteiger partial charge < -0.3 is 10.8 Å². The second-order valence-electron chi connectivity index (χ2n) is 4.34. The van der Waals surface area contributed by atoms with E-state index in [1.54, 1.807) is 6.92 Å². The van der Waals surface area contributed by atoms with E-state index in [1.807, 2.05) is 13.8 Å². The van der Waals surface area contributed by atoms with Crippen LogP contribution in [0.2, 0.25) is 0 Å². The molecule has 0 spiro atoms. The SMILES string of the molecule is CC=C(C(=O)O)C1(C(N)=O)CC1(C)C. The van der Waals surface area contributed by atoms with Crippen LogP contribution in [-0.2, 0) is 9.59 Å². The van der Waals surface area contributed by atoms with Crippen molar-refractivity contribution in [2.75, 3.05) is 0 Å². The van der Waals surface area contributed by atoms with Gasteiger partial charge in [0.25, 0.3) is 0 Å². The summed E-state index contributed by atoms with van der Waals surface area (Å²) < 4.78 is 0. The molecule has 14 heavy (non-hydrogen) atoms. The number of amides is 1. The largest absolute Gasteiger partial charge is 0.478 e. The zero-order chi connectivity index (χ0) is 11.1. The number of allylic oxidation sites excluding steroid dienone is 1. The van der Waals surface area contributed by atoms with Gasteiger partial charge in [0.05, 0.1) is 5.41 Å². The highest BCUT2D eigenvalue weighted by Crippen LogP contribution is 2.67. The number of hydrogen-bond donors (Lipinski definition) is 2. The molecule has 1 atom stereocenters. The molecule has 0 aliphatic heterocycles. The summed E-state index contributed by atoms with van der Waals surface area (Å²) in [6.07, 6.45) is 1.98. The Balaban J connectivity index is 3.17. The predicted octanol–water partition coefficient (Wildman–Crippen LogP) is 0.919. The molecule has 4 nitrogen and oxygen atoms in total. The normalized spacial score (nSPS) is 29.8. The van der Waals surface area contributed by atoms with E-state index in [0.717, 1.165) is 0 Å². The summed E-state index contributed by atoms with van der Waals surface area (Å²) in [6, 6.07) is 0. The molecule has 1 rings (SSSR count). The van der Waals surface area contributed by atoms with Crippen molar-refractivity contribution in [2.45, 2.75) is 27.2 Å². The summed E-state index contributed by atoms with van der Waals surface area (Å²) in [5, 5.41) is 8.95. The smallest absolute Gasteiger partial charge is 0.332 e. The van der Waals surface area contributed by atoms with Gasteiger partial charge in [0, 0.05) is 5.57 Å². The average Bonchev–Trinajstić information content (AvgIpc) is 2.56. The Hall–Kier alpha value is -1.32. The Labute approximate surface area is 82.8 Å². The van der Waals surface area contributed by atoms with Gasteiger partial charge in [-0.1, -0.05) is 19.9 Å². The number of aliphatic carboxylic acids is 1. The van der Waals surface area contributed by atoms with Crippen LogP contribution in [-0.4, -0.2) is 17.0 Å². The standard InChI is InChI=1S/C10H15NO3/c1-4-6(7(12)13)10(8(11)14)5-9(10,2)3/h4H,5H2,1-3H3,(H2,11,14)(H,12,13). The van der Waals surface area contributed by atoms with Crippen molar-refractivity contribution in [3.63, 3.8) is 0 Å². The summed E-state index contributed by atoms with van der Waals surface area (Å²) in [4.78, 5) is 22.3. The second-order valence-corrected chi connectivity index (χ2v) is 4.34. The molecule has 3 N–H and O–H groups in total. The first-order valence-corrected chi connectivity index (χ1v) is 4.49. The van der Waals surface area contributed by atoms with Crippen LogP contribution in [0, 0.1) is 10.8 Å². The number of carbonyl (C=O) groups is 2. The number of rotatable bonds is 3. The van der Waals surface area contributed by atoms with Crippen LogP contribution in [0.1, 0.15) is 27.2 Å². The minimum absolute atomic E-state index is 0.120. The fourth-order valence-electron chi connectivity index (χ4n) is 2.18. The molecule has 1 amide bonds. The Morgan fingerprint density at radius 3 is 1.93 bits per heavy atom. The third-order valence-corrected chi connectivity index (χ3v) is 3.14. The highest BCUT2D eigenvalue weighted by Gasteiger charge is 2.68. The third-order valence-electron chi connectivity index (χ3n) is 3.14. The number of carboxylic acid groups (broad SMARTS) is 1. The molecule has 4 heteroatoms. The summed E-state index contributed by atoms with van der Waals surface area (Å²) in [5.74, 6) is -1.60. The average molecular weight is 197 g/mol. The highest BCUT2D eigenvalue weighted by molar-refractivity contribution is 6.01. The number of nitrogens with two attached hydrogens (primary N) is 1. The van der Waals surface area contributed by atoms with Gasteiger partial charge in [0.15, 0.2) is 0 Å². The lowest BCUT2D eigenvalue weighted by Gasteiger charge is -2.17. The topological polar surface area (TPSA) is 80.4 Å². The highest BCUT2D eigenvalue weighted by atomic mass is 16.4. The zero-order valence-electron chi connectivity index (χ0n) is 8.63. The maximum absolute atomic E-state index is 11.3. The van der Waals surface area contributed by atoms with E-state index in [0.29, 0.717) is 6.42 Å². The second kappa shape index (κ2) is 2.83. The van der Waals surface area contributed by atoms with Gasteiger partial charge in [0.2, 0.25) is 5.91 Å². The van der Waals surface area contributed by atoms with Crippen molar-refractivity contribution in [3.8, 4) is 0 Å². The predicted molar refractivity (Wildman–Crippen MR) is 51.4 cm³/mol. The monoisotopic (exact) mass is 197 g/mol. The lowest BCUT2D eigenvalue weighted by Crippen LogP contribution is -2.33. The zero-order valence-corrected chi connectivity index (χ0v) is 8.63. The number of primary amides is 1. The Bertz CT molecular complexity index is 330. The molecule has 0 aromatic carbocycles. The maximum atomic E-state index is 11.3. The molecule has 1 saturated carbocycles. The van der Waals surface area contributed by atoms with Crippen molar-refractivity contribution in [1.82, 2.24) is 0 Å². The molecule has 1 aliphatic carbocycles. The quantitative estimate of drug-likeness (QED) is 0.660. The van der Waals surface area contributed by atoms with Gasteiger partial charge in [-0.2, -0.15) is 0 Å². The molecule has 1 fully saturated rings. The van der Waals surface area contributed by atoms with Crippen molar-refractivity contribution < 1.29 is 14.7 Å². The lowest BCUT2D eigenvalue weighted by atomic mass is 9.86. The molecule has 0 aromatic heterocycles. The van der Waals surface area contributed by atoms with Crippen LogP contribution < -0.4 is 5.73 Å². The first-order chi connectivity index (χ1) is 6.29. The molecule has 0 aromatic rings. The van der Waals surface area contributed by atoms with Gasteiger partial charge in [-0.05, 0) is 18.8 Å². The van der Waals surface area contributed by atoms with Gasteiger partial charge in [0.1, 0.15) is 0 Å². The maximum Gasteiger partial charge on any atom is 0.332 e. The van der Waals surface area contributed by atoms with Gasteiger partial charge in [-0.3, -0.25) is 4.79 Å². The first kappa shape index (κ1) is 10.8. The van der Waals surface area contributed by atoms with Gasteiger partial charge in [-0.15, -0.1) is 0 Å². The van der Waals surface area contributed by atoms with Crippen LogP contribution in [0.5, 0.6) is 0 Å². The summed E-state index contributed by atoms with van der Waals surface area (Å²) in [5.41, 5.74) is 4.10. The first-order valence-electron chi connectivity index (χ1n) is 4.49. The van der Waals surface area contributed by atoms with Crippen LogP contribution in [0.15, 0.2) is 11.6 Å². The minimum Gasteiger partial charge on any atom is -0.478 e. The molecular formula is C10H15NO3. The van der Waals surface area contributed by atoms with E-state index in [1.165, 1.54) is 6.08 Å². The number of carboxylic acids is 1. The van der Waals surface area contributed by atoms with Gasteiger partial charge >= 0.3 is 5.97 Å². The molecular weight excluding hydrogens is 182 g/mol. The molecule has 1 unspecified atom stereocenters. The summed E-state index contributed by atoms with van der Waals surface area (Å²) in [7, 11) is 0. The summed E-state index contributed by atoms with van der Waals surface area (Å²) in [6.45, 7) is 5.32. The summed E-state index contributed by atoms with van der Waals surface area (Å²) >= 11 is 0. The van der Waals surface area contributed by atoms with Crippen molar-refractivity contribution >= 4 is 11.9 Å². The Kier molecular flexibility index (Phi) is 2.18. The molecule has 1 aliphatic rings. The van der Waals surface area contributed by atoms with Crippen LogP contribution in [0.3, 0.4) is 0 Å². The molecule has 0 saturated heterocycles. The fourth-order valence-corrected chi connectivity index (χ4v) is 2.18. The minimum atomic E-state index is -1.06. The van der Waals surface area contributed by atoms with Crippen LogP contribution >= 0.6 is 0 Å². The lowest BCUT2D eigenvalue weighted by molar-refractivity contribution is -0.136. The van der Waals surface area contributed by atoms with Crippen LogP contribution in [0.4, 0.5) is 0 Å². The number of carbonyl (C=O) groups excluding carboxylic acids is 1. The molecule has 0 heterocycles. The Morgan fingerprint density at radius 2 is 1.86 bits per heavy atom. The molecule has 78 valence electrons. The third kappa shape index (κ3) is 1.14. The van der Waals surface area contributed by atoms with E-state index in [4.69, 9.17) is 10.8 Å².